The number of rotatable bonds is 3. The van der Waals surface area contributed by atoms with Crippen molar-refractivity contribution in [3.05, 3.63) is 56.2 Å². The summed E-state index contributed by atoms with van der Waals surface area (Å²) in [5, 5.41) is 18.3. The van der Waals surface area contributed by atoms with Crippen LogP contribution in [0.3, 0.4) is 0 Å². The second kappa shape index (κ2) is 10.1. The van der Waals surface area contributed by atoms with Crippen molar-refractivity contribution in [1.29, 1.82) is 0 Å². The van der Waals surface area contributed by atoms with E-state index >= 15 is 0 Å². The highest BCUT2D eigenvalue weighted by Crippen LogP contribution is 2.48. The fraction of sp³-hybridized carbons (Fsp3) is 0.474. The molecule has 0 radical (unpaired) electrons. The highest BCUT2D eigenvalue weighted by molar-refractivity contribution is 7.71. The van der Waals surface area contributed by atoms with Crippen molar-refractivity contribution in [2.45, 2.75) is 59.0 Å². The molecule has 0 spiro atoms. The SMILES string of the molecule is Cc1cccc2c1OP(OC(C)O)OC2.Cc1cn(C2CC[C@@H](O)O2)c(=S)[nH]c1=O. The lowest BCUT2D eigenvalue weighted by atomic mass is 10.1. The first-order valence-electron chi connectivity index (χ1n) is 9.44. The minimum Gasteiger partial charge on any atom is -0.426 e. The van der Waals surface area contributed by atoms with Gasteiger partial charge in [-0.25, -0.2) is 0 Å². The first-order valence-corrected chi connectivity index (χ1v) is 10.9. The summed E-state index contributed by atoms with van der Waals surface area (Å²) in [4.78, 5) is 13.8. The maximum absolute atomic E-state index is 11.2. The average Bonchev–Trinajstić information content (AvgIpc) is 3.11. The molecule has 4 rings (SSSR count). The highest BCUT2D eigenvalue weighted by Gasteiger charge is 2.26. The van der Waals surface area contributed by atoms with Crippen LogP contribution in [-0.2, 0) is 20.4 Å². The minimum atomic E-state index is -1.46. The predicted molar refractivity (Wildman–Crippen MR) is 112 cm³/mol. The Balaban J connectivity index is 0.000000171. The Morgan fingerprint density at radius 1 is 1.33 bits per heavy atom. The predicted octanol–water partition coefficient (Wildman–Crippen LogP) is 3.33. The smallest absolute Gasteiger partial charge is 0.399 e. The maximum Gasteiger partial charge on any atom is 0.399 e. The van der Waals surface area contributed by atoms with Crippen molar-refractivity contribution >= 4 is 20.8 Å². The van der Waals surface area contributed by atoms with Crippen molar-refractivity contribution in [1.82, 2.24) is 9.55 Å². The summed E-state index contributed by atoms with van der Waals surface area (Å²) in [7, 11) is -1.46. The first kappa shape index (κ1) is 23.0. The van der Waals surface area contributed by atoms with Crippen molar-refractivity contribution in [3.63, 3.8) is 0 Å². The van der Waals surface area contributed by atoms with Crippen LogP contribution in [0.15, 0.2) is 29.2 Å². The van der Waals surface area contributed by atoms with E-state index in [0.29, 0.717) is 29.8 Å². The number of aliphatic hydroxyl groups is 2. The molecule has 3 N–H and O–H groups in total. The average molecular weight is 456 g/mol. The molecule has 0 saturated carbocycles. The van der Waals surface area contributed by atoms with E-state index in [2.05, 4.69) is 4.98 Å². The molecular formula is C19H25N2O7PS. The van der Waals surface area contributed by atoms with Crippen LogP contribution >= 0.6 is 20.8 Å². The lowest BCUT2D eigenvalue weighted by Gasteiger charge is -2.25. The maximum atomic E-state index is 11.2. The zero-order valence-electron chi connectivity index (χ0n) is 16.9. The molecule has 1 saturated heterocycles. The van der Waals surface area contributed by atoms with Gasteiger partial charge in [-0.1, -0.05) is 18.2 Å². The standard InChI is InChI=1S/C10H13O4P.C9H12N2O3S/c1-7-4-3-5-9-6-12-15(13-8(2)11)14-10(7)9;1-5-4-11(9(15)10-8(5)13)6-2-3-7(12)14-6/h3-5,8,11H,6H2,1-2H3;4,6-7,12H,2-3H2,1H3,(H,10,13,15)/t;6?,7-/m.0/s1. The zero-order valence-corrected chi connectivity index (χ0v) is 18.6. The number of hydrogen-bond acceptors (Lipinski definition) is 8. The Bertz CT molecular complexity index is 994. The monoisotopic (exact) mass is 456 g/mol. The van der Waals surface area contributed by atoms with E-state index in [1.807, 2.05) is 25.1 Å². The van der Waals surface area contributed by atoms with E-state index in [-0.39, 0.29) is 11.8 Å². The molecule has 2 aliphatic rings. The molecular weight excluding hydrogens is 431 g/mol. The van der Waals surface area contributed by atoms with E-state index in [9.17, 15) is 9.90 Å². The molecule has 30 heavy (non-hydrogen) atoms. The Labute approximate surface area is 180 Å². The number of aromatic nitrogens is 2. The molecule has 9 nitrogen and oxygen atoms in total. The van der Waals surface area contributed by atoms with Crippen LogP contribution in [0.1, 0.15) is 42.7 Å². The molecule has 3 unspecified atom stereocenters. The molecule has 0 aliphatic carbocycles. The molecule has 1 aromatic carbocycles. The van der Waals surface area contributed by atoms with E-state index in [1.54, 1.807) is 17.7 Å². The van der Waals surface area contributed by atoms with Gasteiger partial charge in [-0.15, -0.1) is 0 Å². The number of para-hydroxylation sites is 1. The van der Waals surface area contributed by atoms with Gasteiger partial charge in [-0.3, -0.25) is 23.4 Å². The quantitative estimate of drug-likeness (QED) is 0.366. The molecule has 0 bridgehead atoms. The van der Waals surface area contributed by atoms with Crippen molar-refractivity contribution < 1.29 is 28.5 Å². The van der Waals surface area contributed by atoms with Gasteiger partial charge in [0, 0.05) is 23.7 Å². The Morgan fingerprint density at radius 3 is 2.77 bits per heavy atom. The van der Waals surface area contributed by atoms with E-state index in [4.69, 9.17) is 35.6 Å². The number of H-pyrrole nitrogens is 1. The van der Waals surface area contributed by atoms with Crippen molar-refractivity contribution in [2.24, 2.45) is 0 Å². The second-order valence-electron chi connectivity index (χ2n) is 6.96. The number of aliphatic hydroxyl groups excluding tert-OH is 2. The highest BCUT2D eigenvalue weighted by atomic mass is 32.1. The number of hydrogen-bond donors (Lipinski definition) is 3. The van der Waals surface area contributed by atoms with Crippen LogP contribution in [0.4, 0.5) is 0 Å². The molecule has 2 aromatic rings. The Kier molecular flexibility index (Phi) is 7.75. The number of aryl methyl sites for hydroxylation is 2. The number of nitrogens with zero attached hydrogens (tertiary/aromatic N) is 1. The van der Waals surface area contributed by atoms with Crippen LogP contribution in [0.5, 0.6) is 5.75 Å². The van der Waals surface area contributed by atoms with E-state index < -0.39 is 21.2 Å². The summed E-state index contributed by atoms with van der Waals surface area (Å²) in [6.07, 6.45) is 1.06. The van der Waals surface area contributed by atoms with E-state index in [1.165, 1.54) is 6.92 Å². The molecule has 1 aromatic heterocycles. The van der Waals surface area contributed by atoms with Crippen LogP contribution in [0, 0.1) is 18.6 Å². The van der Waals surface area contributed by atoms with Gasteiger partial charge in [0.25, 0.3) is 5.56 Å². The normalized spacial score (nSPS) is 23.7. The summed E-state index contributed by atoms with van der Waals surface area (Å²) in [5.74, 6) is 0.815. The van der Waals surface area contributed by atoms with Crippen molar-refractivity contribution in [2.75, 3.05) is 0 Å². The van der Waals surface area contributed by atoms with Gasteiger partial charge in [0.2, 0.25) is 0 Å². The summed E-state index contributed by atoms with van der Waals surface area (Å²) in [6, 6.07) is 5.89. The molecule has 4 atom stereocenters. The molecule has 164 valence electrons. The van der Waals surface area contributed by atoms with Crippen LogP contribution in [0.25, 0.3) is 0 Å². The molecule has 0 amide bonds. The number of nitrogens with one attached hydrogen (secondary N) is 1. The molecule has 2 aliphatic heterocycles. The third-order valence-electron chi connectivity index (χ3n) is 4.45. The van der Waals surface area contributed by atoms with Gasteiger partial charge in [-0.2, -0.15) is 0 Å². The molecule has 11 heteroatoms. The van der Waals surface area contributed by atoms with Crippen LogP contribution in [0.2, 0.25) is 0 Å². The van der Waals surface area contributed by atoms with Crippen LogP contribution < -0.4 is 10.1 Å². The zero-order chi connectivity index (χ0) is 21.8. The number of fused-ring (bicyclic) bond motifs is 1. The lowest BCUT2D eigenvalue weighted by Crippen LogP contribution is -2.19. The first-order chi connectivity index (χ1) is 14.2. The minimum absolute atomic E-state index is 0.185. The van der Waals surface area contributed by atoms with Gasteiger partial charge in [0.05, 0.1) is 6.61 Å². The van der Waals surface area contributed by atoms with Gasteiger partial charge in [0.1, 0.15) is 12.0 Å². The van der Waals surface area contributed by atoms with E-state index in [0.717, 1.165) is 16.9 Å². The molecule has 3 heterocycles. The molecule has 1 fully saturated rings. The summed E-state index contributed by atoms with van der Waals surface area (Å²) in [5.41, 5.74) is 2.46. The summed E-state index contributed by atoms with van der Waals surface area (Å²) < 4.78 is 23.2. The third-order valence-corrected chi connectivity index (χ3v) is 5.92. The summed E-state index contributed by atoms with van der Waals surface area (Å²) in [6.45, 7) is 5.67. The number of ether oxygens (including phenoxy) is 1. The number of benzene rings is 1. The van der Waals surface area contributed by atoms with Gasteiger partial charge >= 0.3 is 8.60 Å². The number of aromatic amines is 1. The Morgan fingerprint density at radius 2 is 2.10 bits per heavy atom. The van der Waals surface area contributed by atoms with Gasteiger partial charge in [0.15, 0.2) is 17.4 Å². The summed E-state index contributed by atoms with van der Waals surface area (Å²) >= 11 is 5.02. The fourth-order valence-corrected chi connectivity index (χ4v) is 4.29. The van der Waals surface area contributed by atoms with Gasteiger partial charge < -0.3 is 19.5 Å². The topological polar surface area (TPSA) is 115 Å². The lowest BCUT2D eigenvalue weighted by molar-refractivity contribution is -0.113. The largest absolute Gasteiger partial charge is 0.426 e. The van der Waals surface area contributed by atoms with Crippen LogP contribution in [-0.4, -0.2) is 32.3 Å². The fourth-order valence-electron chi connectivity index (χ4n) is 2.96. The second-order valence-corrected chi connectivity index (χ2v) is 8.44. The van der Waals surface area contributed by atoms with Gasteiger partial charge in [-0.05, 0) is 45.0 Å². The third kappa shape index (κ3) is 5.73. The van der Waals surface area contributed by atoms with Crippen molar-refractivity contribution in [3.8, 4) is 5.75 Å². The Hall–Kier alpha value is -1.65.